The van der Waals surface area contributed by atoms with E-state index >= 15 is 0 Å². The van der Waals surface area contributed by atoms with Crippen LogP contribution in [0.15, 0.2) is 41.2 Å². The molecule has 29 heavy (non-hydrogen) atoms. The maximum atomic E-state index is 14.4. The third-order valence-electron chi connectivity index (χ3n) is 4.26. The summed E-state index contributed by atoms with van der Waals surface area (Å²) in [6.45, 7) is 0.400. The van der Waals surface area contributed by atoms with E-state index in [1.165, 1.54) is 25.3 Å². The van der Waals surface area contributed by atoms with E-state index in [1.807, 2.05) is 0 Å². The number of H-pyrrole nitrogens is 2. The van der Waals surface area contributed by atoms with Crippen molar-refractivity contribution in [1.29, 1.82) is 0 Å². The number of imidazole rings is 1. The van der Waals surface area contributed by atoms with Gasteiger partial charge in [-0.05, 0) is 24.3 Å². The molecule has 4 aromatic rings. The highest BCUT2D eigenvalue weighted by Gasteiger charge is 2.14. The van der Waals surface area contributed by atoms with Gasteiger partial charge < -0.3 is 14.5 Å². The summed E-state index contributed by atoms with van der Waals surface area (Å²) in [5.41, 5.74) is 1.57. The molecule has 3 N–H and O–H groups in total. The second-order valence-electron chi connectivity index (χ2n) is 6.13. The molecule has 0 spiro atoms. The monoisotopic (exact) mass is 397 g/mol. The topological polar surface area (TPSA) is 122 Å². The van der Waals surface area contributed by atoms with Gasteiger partial charge in [-0.1, -0.05) is 12.1 Å². The van der Waals surface area contributed by atoms with Crippen molar-refractivity contribution in [3.8, 4) is 11.3 Å². The van der Waals surface area contributed by atoms with Crippen molar-refractivity contribution in [1.82, 2.24) is 20.2 Å². The number of hydrogen-bond donors (Lipinski definition) is 3. The van der Waals surface area contributed by atoms with Crippen molar-refractivity contribution in [2.75, 3.05) is 25.6 Å². The molecule has 0 bridgehead atoms. The maximum Gasteiger partial charge on any atom is 0.414 e. The summed E-state index contributed by atoms with van der Waals surface area (Å²) in [5.74, 6) is -0.341. The number of fused-ring (bicyclic) bond motifs is 2. The van der Waals surface area contributed by atoms with Crippen molar-refractivity contribution in [3.05, 3.63) is 52.6 Å². The minimum absolute atomic E-state index is 0.114. The Kier molecular flexibility index (Phi) is 4.92. The summed E-state index contributed by atoms with van der Waals surface area (Å²) in [6, 6.07) is 9.39. The summed E-state index contributed by atoms with van der Waals surface area (Å²) >= 11 is 0. The van der Waals surface area contributed by atoms with Crippen LogP contribution in [0.5, 0.6) is 0 Å². The minimum Gasteiger partial charge on any atom is -0.447 e. The van der Waals surface area contributed by atoms with Crippen molar-refractivity contribution in [2.45, 2.75) is 0 Å². The highest BCUT2D eigenvalue weighted by molar-refractivity contribution is 5.96. The first-order valence-corrected chi connectivity index (χ1v) is 8.66. The van der Waals surface area contributed by atoms with Crippen LogP contribution >= 0.6 is 0 Å². The fourth-order valence-electron chi connectivity index (χ4n) is 2.95. The summed E-state index contributed by atoms with van der Waals surface area (Å²) in [6.07, 6.45) is -0.670. The molecule has 148 valence electrons. The average Bonchev–Trinajstić information content (AvgIpc) is 3.10. The Bertz CT molecular complexity index is 1270. The highest BCUT2D eigenvalue weighted by atomic mass is 19.1. The largest absolute Gasteiger partial charge is 0.447 e. The zero-order valence-electron chi connectivity index (χ0n) is 15.3. The van der Waals surface area contributed by atoms with Gasteiger partial charge in [0.1, 0.15) is 18.1 Å². The summed E-state index contributed by atoms with van der Waals surface area (Å²) in [7, 11) is 1.50. The Morgan fingerprint density at radius 2 is 2.10 bits per heavy atom. The van der Waals surface area contributed by atoms with Crippen LogP contribution in [0.3, 0.4) is 0 Å². The van der Waals surface area contributed by atoms with Crippen LogP contribution in [-0.4, -0.2) is 46.6 Å². The standard InChI is InChI=1S/C19H16FN5O4/c1-28-7-8-29-19(27)23-18-21-13-6-5-10(9-14(13)22-18)16-15-11(17(26)25-24-16)3-2-4-12(15)20/h2-6,9H,7-8H2,1H3,(H,25,26)(H2,21,22,23,27). The maximum absolute atomic E-state index is 14.4. The van der Waals surface area contributed by atoms with E-state index in [0.717, 1.165) is 0 Å². The average molecular weight is 397 g/mol. The van der Waals surface area contributed by atoms with Crippen molar-refractivity contribution >= 4 is 33.8 Å². The van der Waals surface area contributed by atoms with Gasteiger partial charge in [-0.25, -0.2) is 19.3 Å². The second kappa shape index (κ2) is 7.68. The predicted molar refractivity (Wildman–Crippen MR) is 104 cm³/mol. The summed E-state index contributed by atoms with van der Waals surface area (Å²) in [5, 5.41) is 9.25. The number of carbonyl (C=O) groups is 1. The molecule has 0 aliphatic rings. The molecule has 2 heterocycles. The number of aromatic nitrogens is 4. The molecule has 9 nitrogen and oxygen atoms in total. The molecule has 0 saturated carbocycles. The van der Waals surface area contributed by atoms with Gasteiger partial charge in [0.05, 0.1) is 28.4 Å². The Balaban J connectivity index is 1.69. The number of halogens is 1. The number of hydrogen-bond acceptors (Lipinski definition) is 6. The fourth-order valence-corrected chi connectivity index (χ4v) is 2.95. The van der Waals surface area contributed by atoms with Gasteiger partial charge in [-0.15, -0.1) is 0 Å². The van der Waals surface area contributed by atoms with Crippen LogP contribution in [0.25, 0.3) is 33.1 Å². The number of nitrogens with one attached hydrogen (secondary N) is 3. The van der Waals surface area contributed by atoms with E-state index in [9.17, 15) is 14.0 Å². The zero-order chi connectivity index (χ0) is 20.4. The van der Waals surface area contributed by atoms with Crippen LogP contribution in [0, 0.1) is 5.82 Å². The van der Waals surface area contributed by atoms with Gasteiger partial charge in [0, 0.05) is 12.7 Å². The predicted octanol–water partition coefficient (Wildman–Crippen LogP) is 2.80. The number of amides is 1. The lowest BCUT2D eigenvalue weighted by atomic mass is 10.0. The molecule has 2 aromatic carbocycles. The molecule has 0 atom stereocenters. The van der Waals surface area contributed by atoms with Crippen LogP contribution < -0.4 is 10.9 Å². The molecule has 0 unspecified atom stereocenters. The van der Waals surface area contributed by atoms with Crippen LogP contribution in [0.2, 0.25) is 0 Å². The first-order chi connectivity index (χ1) is 14.1. The van der Waals surface area contributed by atoms with Crippen LogP contribution in [-0.2, 0) is 9.47 Å². The number of ether oxygens (including phenoxy) is 2. The molecule has 0 aliphatic carbocycles. The van der Waals surface area contributed by atoms with Gasteiger partial charge in [0.2, 0.25) is 5.95 Å². The van der Waals surface area contributed by atoms with Crippen molar-refractivity contribution in [3.63, 3.8) is 0 Å². The molecule has 1 amide bonds. The fraction of sp³-hybridized carbons (Fsp3) is 0.158. The Labute approximate surface area is 162 Å². The Morgan fingerprint density at radius 3 is 2.93 bits per heavy atom. The number of methoxy groups -OCH3 is 1. The Morgan fingerprint density at radius 1 is 1.24 bits per heavy atom. The molecular weight excluding hydrogens is 381 g/mol. The highest BCUT2D eigenvalue weighted by Crippen LogP contribution is 2.28. The molecule has 4 rings (SSSR count). The Hall–Kier alpha value is -3.79. The van der Waals surface area contributed by atoms with Gasteiger partial charge in [0.15, 0.2) is 0 Å². The number of benzene rings is 2. The number of nitrogens with zero attached hydrogens (tertiary/aromatic N) is 2. The number of rotatable bonds is 5. The van der Waals surface area contributed by atoms with Crippen LogP contribution in [0.4, 0.5) is 15.1 Å². The quantitative estimate of drug-likeness (QED) is 0.445. The first-order valence-electron chi connectivity index (χ1n) is 8.66. The lowest BCUT2D eigenvalue weighted by Gasteiger charge is -2.06. The van der Waals surface area contributed by atoms with Gasteiger partial charge in [-0.2, -0.15) is 5.10 Å². The molecule has 0 saturated heterocycles. The first kappa shape index (κ1) is 18.6. The van der Waals surface area contributed by atoms with Crippen molar-refractivity contribution < 1.29 is 18.7 Å². The normalized spacial score (nSPS) is 11.1. The molecule has 0 radical (unpaired) electrons. The third kappa shape index (κ3) is 3.65. The van der Waals surface area contributed by atoms with Crippen LogP contribution in [0.1, 0.15) is 0 Å². The van der Waals surface area contributed by atoms with E-state index in [4.69, 9.17) is 9.47 Å². The van der Waals surface area contributed by atoms with Gasteiger partial charge in [-0.3, -0.25) is 10.1 Å². The van der Waals surface area contributed by atoms with E-state index in [2.05, 4.69) is 25.5 Å². The molecule has 2 aromatic heterocycles. The SMILES string of the molecule is COCCOC(=O)Nc1nc2ccc(-c3n[nH]c(=O)c4cccc(F)c34)cc2[nH]1. The smallest absolute Gasteiger partial charge is 0.414 e. The summed E-state index contributed by atoms with van der Waals surface area (Å²) < 4.78 is 24.2. The summed E-state index contributed by atoms with van der Waals surface area (Å²) in [4.78, 5) is 30.9. The van der Waals surface area contributed by atoms with E-state index < -0.39 is 17.5 Å². The lowest BCUT2D eigenvalue weighted by molar-refractivity contribution is 0.107. The third-order valence-corrected chi connectivity index (χ3v) is 4.26. The van der Waals surface area contributed by atoms with Crippen molar-refractivity contribution in [2.24, 2.45) is 0 Å². The molecular formula is C19H16FN5O4. The lowest BCUT2D eigenvalue weighted by Crippen LogP contribution is -2.17. The second-order valence-corrected chi connectivity index (χ2v) is 6.13. The van der Waals surface area contributed by atoms with E-state index in [0.29, 0.717) is 22.3 Å². The molecule has 0 fully saturated rings. The van der Waals surface area contributed by atoms with E-state index in [-0.39, 0.29) is 29.9 Å². The van der Waals surface area contributed by atoms with Gasteiger partial charge in [0.25, 0.3) is 5.56 Å². The van der Waals surface area contributed by atoms with Gasteiger partial charge >= 0.3 is 6.09 Å². The van der Waals surface area contributed by atoms with E-state index in [1.54, 1.807) is 18.2 Å². The molecule has 10 heteroatoms. The number of carbonyl (C=O) groups excluding carboxylic acids is 1. The minimum atomic E-state index is -0.670. The zero-order valence-corrected chi connectivity index (χ0v) is 15.3. The molecule has 0 aliphatic heterocycles. The number of aromatic amines is 2. The number of anilines is 1.